The van der Waals surface area contributed by atoms with Gasteiger partial charge >= 0.3 is 6.18 Å². The first kappa shape index (κ1) is 20.2. The van der Waals surface area contributed by atoms with Gasteiger partial charge in [0.1, 0.15) is 12.6 Å². The van der Waals surface area contributed by atoms with E-state index in [1.807, 2.05) is 31.2 Å². The van der Waals surface area contributed by atoms with Crippen molar-refractivity contribution in [3.63, 3.8) is 0 Å². The average molecular weight is 397 g/mol. The van der Waals surface area contributed by atoms with E-state index in [-0.39, 0.29) is 19.6 Å². The van der Waals surface area contributed by atoms with Crippen LogP contribution < -0.4 is 10.6 Å². The number of rotatable bonds is 6. The smallest absolute Gasteiger partial charge is 0.353 e. The standard InChI is InChI=1S/C17H22F3N7O/c1-12-2-4-13(5-3-12)16-23-25-27(24-16)11-15(28)22-10-14(17(18,19)20)26-8-6-21-7-9-26/h2-5,14,21H,6-11H2,1H3,(H,22,28). The van der Waals surface area contributed by atoms with Crippen molar-refractivity contribution < 1.29 is 18.0 Å². The second-order valence-corrected chi connectivity index (χ2v) is 6.66. The maximum atomic E-state index is 13.3. The topological polar surface area (TPSA) is 88.0 Å². The molecule has 152 valence electrons. The lowest BCUT2D eigenvalue weighted by Gasteiger charge is -2.35. The van der Waals surface area contributed by atoms with E-state index in [1.165, 1.54) is 4.90 Å². The quantitative estimate of drug-likeness (QED) is 0.742. The molecule has 0 radical (unpaired) electrons. The highest BCUT2D eigenvalue weighted by Crippen LogP contribution is 2.24. The van der Waals surface area contributed by atoms with Gasteiger partial charge in [-0.05, 0) is 12.1 Å². The maximum absolute atomic E-state index is 13.3. The van der Waals surface area contributed by atoms with Crippen LogP contribution >= 0.6 is 0 Å². The van der Waals surface area contributed by atoms with Gasteiger partial charge in [0.25, 0.3) is 0 Å². The van der Waals surface area contributed by atoms with Crippen molar-refractivity contribution in [2.45, 2.75) is 25.7 Å². The Balaban J connectivity index is 1.56. The van der Waals surface area contributed by atoms with Gasteiger partial charge in [-0.25, -0.2) is 0 Å². The average Bonchev–Trinajstić information content (AvgIpc) is 3.10. The fourth-order valence-electron chi connectivity index (χ4n) is 2.97. The lowest BCUT2D eigenvalue weighted by Crippen LogP contribution is -2.57. The number of aromatic nitrogens is 4. The molecule has 0 saturated carbocycles. The molecular weight excluding hydrogens is 375 g/mol. The molecule has 2 heterocycles. The van der Waals surface area contributed by atoms with Gasteiger partial charge in [-0.15, -0.1) is 10.2 Å². The monoisotopic (exact) mass is 397 g/mol. The van der Waals surface area contributed by atoms with Crippen LogP contribution in [0.15, 0.2) is 24.3 Å². The summed E-state index contributed by atoms with van der Waals surface area (Å²) in [5.41, 5.74) is 1.83. The zero-order valence-corrected chi connectivity index (χ0v) is 15.4. The van der Waals surface area contributed by atoms with E-state index in [1.54, 1.807) is 0 Å². The van der Waals surface area contributed by atoms with Gasteiger partial charge in [-0.1, -0.05) is 29.8 Å². The predicted octanol–water partition coefficient (Wildman–Crippen LogP) is 0.601. The van der Waals surface area contributed by atoms with Gasteiger partial charge in [0.15, 0.2) is 0 Å². The van der Waals surface area contributed by atoms with E-state index in [0.29, 0.717) is 18.9 Å². The van der Waals surface area contributed by atoms with Gasteiger partial charge in [-0.3, -0.25) is 9.69 Å². The van der Waals surface area contributed by atoms with E-state index in [9.17, 15) is 18.0 Å². The first-order valence-electron chi connectivity index (χ1n) is 8.96. The van der Waals surface area contributed by atoms with E-state index in [0.717, 1.165) is 15.9 Å². The molecule has 1 fully saturated rings. The summed E-state index contributed by atoms with van der Waals surface area (Å²) in [6.07, 6.45) is -4.42. The van der Waals surface area contributed by atoms with Crippen molar-refractivity contribution >= 4 is 5.91 Å². The number of carbonyl (C=O) groups is 1. The van der Waals surface area contributed by atoms with E-state index >= 15 is 0 Å². The van der Waals surface area contributed by atoms with E-state index in [4.69, 9.17) is 0 Å². The van der Waals surface area contributed by atoms with Gasteiger partial charge in [0.2, 0.25) is 11.7 Å². The van der Waals surface area contributed by atoms with Crippen LogP contribution in [-0.2, 0) is 11.3 Å². The zero-order valence-electron chi connectivity index (χ0n) is 15.4. The summed E-state index contributed by atoms with van der Waals surface area (Å²) >= 11 is 0. The number of aryl methyl sites for hydroxylation is 1. The molecule has 2 N–H and O–H groups in total. The second kappa shape index (κ2) is 8.65. The number of halogens is 3. The fraction of sp³-hybridized carbons (Fsp3) is 0.529. The van der Waals surface area contributed by atoms with Crippen molar-refractivity contribution in [3.8, 4) is 11.4 Å². The Hall–Kier alpha value is -2.53. The molecule has 28 heavy (non-hydrogen) atoms. The third kappa shape index (κ3) is 5.26. The minimum Gasteiger partial charge on any atom is -0.353 e. The van der Waals surface area contributed by atoms with Crippen LogP contribution in [0.25, 0.3) is 11.4 Å². The third-order valence-electron chi connectivity index (χ3n) is 4.51. The molecule has 11 heteroatoms. The number of hydrogen-bond donors (Lipinski definition) is 2. The zero-order chi connectivity index (χ0) is 20.1. The van der Waals surface area contributed by atoms with Crippen LogP contribution in [0.2, 0.25) is 0 Å². The molecule has 1 aliphatic heterocycles. The maximum Gasteiger partial charge on any atom is 0.405 e. The Kier molecular flexibility index (Phi) is 6.25. The predicted molar refractivity (Wildman–Crippen MR) is 95.3 cm³/mol. The summed E-state index contributed by atoms with van der Waals surface area (Å²) in [4.78, 5) is 14.5. The molecule has 3 rings (SSSR count). The molecule has 1 atom stereocenters. The molecule has 0 bridgehead atoms. The first-order chi connectivity index (χ1) is 13.3. The molecule has 1 amide bonds. The second-order valence-electron chi connectivity index (χ2n) is 6.66. The van der Waals surface area contributed by atoms with Crippen molar-refractivity contribution in [3.05, 3.63) is 29.8 Å². The summed E-state index contributed by atoms with van der Waals surface area (Å²) in [6, 6.07) is 5.74. The van der Waals surface area contributed by atoms with E-state index in [2.05, 4.69) is 26.0 Å². The molecule has 1 unspecified atom stereocenters. The molecule has 1 aromatic carbocycles. The number of nitrogens with zero attached hydrogens (tertiary/aromatic N) is 5. The molecule has 1 saturated heterocycles. The van der Waals surface area contributed by atoms with Crippen molar-refractivity contribution in [2.24, 2.45) is 0 Å². The number of benzene rings is 1. The number of alkyl halides is 3. The minimum atomic E-state index is -4.42. The summed E-state index contributed by atoms with van der Waals surface area (Å²) in [5.74, 6) is -0.251. The molecule has 8 nitrogen and oxygen atoms in total. The van der Waals surface area contributed by atoms with Crippen LogP contribution in [-0.4, -0.2) is 76.0 Å². The highest BCUT2D eigenvalue weighted by Gasteiger charge is 2.43. The molecule has 1 aromatic heterocycles. The largest absolute Gasteiger partial charge is 0.405 e. The molecule has 2 aromatic rings. The SMILES string of the molecule is Cc1ccc(-c2nnn(CC(=O)NCC(N3CCNCC3)C(F)(F)F)n2)cc1. The van der Waals surface area contributed by atoms with Crippen LogP contribution in [0.4, 0.5) is 13.2 Å². The third-order valence-corrected chi connectivity index (χ3v) is 4.51. The number of amides is 1. The first-order valence-corrected chi connectivity index (χ1v) is 8.96. The number of piperazine rings is 1. The van der Waals surface area contributed by atoms with Gasteiger partial charge < -0.3 is 10.6 Å². The highest BCUT2D eigenvalue weighted by atomic mass is 19.4. The van der Waals surface area contributed by atoms with E-state index < -0.39 is 24.7 Å². The number of hydrogen-bond acceptors (Lipinski definition) is 6. The van der Waals surface area contributed by atoms with Crippen LogP contribution in [0.5, 0.6) is 0 Å². The Morgan fingerprint density at radius 3 is 2.57 bits per heavy atom. The van der Waals surface area contributed by atoms with Gasteiger partial charge in [-0.2, -0.15) is 18.0 Å². The number of tetrazole rings is 1. The van der Waals surface area contributed by atoms with Crippen LogP contribution in [0, 0.1) is 6.92 Å². The Bertz CT molecular complexity index is 785. The molecule has 0 spiro atoms. The Morgan fingerprint density at radius 1 is 1.25 bits per heavy atom. The minimum absolute atomic E-state index is 0.282. The van der Waals surface area contributed by atoms with Gasteiger partial charge in [0.05, 0.1) is 0 Å². The Labute approximate surface area is 160 Å². The number of nitrogens with one attached hydrogen (secondary N) is 2. The summed E-state index contributed by atoms with van der Waals surface area (Å²) in [6.45, 7) is 2.69. The molecule has 0 aliphatic carbocycles. The van der Waals surface area contributed by atoms with Gasteiger partial charge in [0, 0.05) is 38.3 Å². The van der Waals surface area contributed by atoms with Crippen LogP contribution in [0.3, 0.4) is 0 Å². The van der Waals surface area contributed by atoms with Crippen LogP contribution in [0.1, 0.15) is 5.56 Å². The lowest BCUT2D eigenvalue weighted by molar-refractivity contribution is -0.184. The van der Waals surface area contributed by atoms with Crippen molar-refractivity contribution in [1.82, 2.24) is 35.7 Å². The van der Waals surface area contributed by atoms with Crippen molar-refractivity contribution in [2.75, 3.05) is 32.7 Å². The fourth-order valence-corrected chi connectivity index (χ4v) is 2.97. The molecule has 1 aliphatic rings. The molecular formula is C17H22F3N7O. The lowest BCUT2D eigenvalue weighted by atomic mass is 10.1. The summed E-state index contributed by atoms with van der Waals surface area (Å²) in [7, 11) is 0. The normalized spacial score (nSPS) is 16.7. The summed E-state index contributed by atoms with van der Waals surface area (Å²) in [5, 5.41) is 17.1. The Morgan fingerprint density at radius 2 is 1.93 bits per heavy atom. The van der Waals surface area contributed by atoms with Crippen molar-refractivity contribution in [1.29, 1.82) is 0 Å². The number of carbonyl (C=O) groups excluding carboxylic acids is 1. The summed E-state index contributed by atoms with van der Waals surface area (Å²) < 4.78 is 40.0. The highest BCUT2D eigenvalue weighted by molar-refractivity contribution is 5.75.